The van der Waals surface area contributed by atoms with Crippen LogP contribution in [0.1, 0.15) is 139 Å². The molecule has 1 saturated heterocycles. The van der Waals surface area contributed by atoms with Gasteiger partial charge in [0.1, 0.15) is 21.9 Å². The second-order valence-corrected chi connectivity index (χ2v) is 27.7. The average molecular weight is 1200 g/mol. The van der Waals surface area contributed by atoms with Gasteiger partial charge >= 0.3 is 0 Å². The van der Waals surface area contributed by atoms with Crippen molar-refractivity contribution in [1.82, 2.24) is 54.3 Å². The van der Waals surface area contributed by atoms with Crippen molar-refractivity contribution in [3.63, 3.8) is 0 Å². The van der Waals surface area contributed by atoms with Crippen molar-refractivity contribution in [2.45, 2.75) is 134 Å². The van der Waals surface area contributed by atoms with E-state index in [1.807, 2.05) is 9.44 Å². The maximum Gasteiger partial charge on any atom is 0.281 e. The predicted molar refractivity (Wildman–Crippen MR) is 313 cm³/mol. The van der Waals surface area contributed by atoms with Crippen LogP contribution in [0.25, 0.3) is 11.6 Å². The van der Waals surface area contributed by atoms with Gasteiger partial charge in [0.15, 0.2) is 21.7 Å². The molecule has 0 aromatic carbocycles. The highest BCUT2D eigenvalue weighted by atomic mass is 35.5. The minimum Gasteiger partial charge on any atom is -0.477 e. The number of rotatable bonds is 24. The van der Waals surface area contributed by atoms with E-state index in [-0.39, 0.29) is 37.0 Å². The Morgan fingerprint density at radius 2 is 1.07 bits per heavy atom. The standard InChI is InChI=1S/C29H37ClN6O4S.C28H36ClN7O4S/c1-28(2)13-5-6-20(28)11-17-31-22-7-4-8-25(32-22)41(38,39)35-27(37)21-9-10-23(33-26(21)30)36-18-12-24(34-36)40-19-16-29(3)14-15-29;1-27(2)19(10-16-31-27)9-15-30-21-5-4-6-24(32-21)41(38,39)35-26(37)20-7-8-22(33-25(20)29)36-17-11-23(34-36)40-18-14-28(3)12-13-28/h4,7-10,12,18,20H,5-6,11,13-17,19H2,1-3H3,(H,31,32)(H,35,37);4-8,11,17,19,31H,9-10,12-16,18H2,1-3H3,(H,30,32)(H,35,37). The zero-order valence-corrected chi connectivity index (χ0v) is 50.3. The van der Waals surface area contributed by atoms with Gasteiger partial charge in [0.2, 0.25) is 11.8 Å². The molecule has 6 aromatic rings. The van der Waals surface area contributed by atoms with Gasteiger partial charge in [-0.2, -0.15) is 16.8 Å². The Morgan fingerprint density at radius 1 is 0.610 bits per heavy atom. The quantitative estimate of drug-likeness (QED) is 0.0353. The number of pyridine rings is 4. The second-order valence-electron chi connectivity index (χ2n) is 23.8. The van der Waals surface area contributed by atoms with Crippen LogP contribution in [-0.4, -0.2) is 107 Å². The van der Waals surface area contributed by atoms with Gasteiger partial charge in [0, 0.05) is 43.2 Å². The number of hydrogen-bond acceptors (Lipinski definition) is 17. The fraction of sp³-hybridized carbons (Fsp3) is 0.509. The summed E-state index contributed by atoms with van der Waals surface area (Å²) in [5.74, 6) is 1.80. The third kappa shape index (κ3) is 15.6. The summed E-state index contributed by atoms with van der Waals surface area (Å²) >= 11 is 12.6. The Balaban J connectivity index is 0.000000198. The molecule has 10 rings (SSSR count). The van der Waals surface area contributed by atoms with Gasteiger partial charge in [0.05, 0.1) is 24.3 Å². The first-order valence-electron chi connectivity index (χ1n) is 27.9. The lowest BCUT2D eigenvalue weighted by molar-refractivity contribution is 0.0972. The summed E-state index contributed by atoms with van der Waals surface area (Å²) in [5, 5.41) is 17.8. The smallest absolute Gasteiger partial charge is 0.281 e. The van der Waals surface area contributed by atoms with Crippen molar-refractivity contribution in [2.75, 3.05) is 43.5 Å². The predicted octanol–water partition coefficient (Wildman–Crippen LogP) is 9.83. The number of nitrogens with one attached hydrogen (secondary N) is 5. The van der Waals surface area contributed by atoms with Gasteiger partial charge in [-0.3, -0.25) is 9.59 Å². The lowest BCUT2D eigenvalue weighted by Gasteiger charge is -2.27. The number of carbonyl (C=O) groups excluding carboxylic acids is 2. The molecule has 5 N–H and O–H groups in total. The summed E-state index contributed by atoms with van der Waals surface area (Å²) in [7, 11) is -8.51. The van der Waals surface area contributed by atoms with E-state index in [0.717, 1.165) is 38.6 Å². The minimum absolute atomic E-state index is 0.0719. The van der Waals surface area contributed by atoms with Gasteiger partial charge < -0.3 is 25.4 Å². The number of aromatic nitrogens is 8. The Bertz CT molecular complexity index is 3270. The topological polar surface area (TPSA) is 268 Å². The van der Waals surface area contributed by atoms with E-state index in [0.29, 0.717) is 89.4 Å². The molecule has 4 aliphatic rings. The van der Waals surface area contributed by atoms with Crippen molar-refractivity contribution in [2.24, 2.45) is 28.1 Å². The van der Waals surface area contributed by atoms with Crippen molar-refractivity contribution >= 4 is 66.7 Å². The zero-order valence-electron chi connectivity index (χ0n) is 47.2. The van der Waals surface area contributed by atoms with E-state index in [4.69, 9.17) is 32.7 Å². The highest BCUT2D eigenvalue weighted by molar-refractivity contribution is 7.90. The van der Waals surface area contributed by atoms with E-state index in [1.165, 1.54) is 90.7 Å². The number of nitrogens with zero attached hydrogens (tertiary/aromatic N) is 8. The molecule has 2 atom stereocenters. The summed E-state index contributed by atoms with van der Waals surface area (Å²) in [6.07, 6.45) is 16.9. The van der Waals surface area contributed by atoms with E-state index < -0.39 is 31.9 Å². The Kier molecular flexibility index (Phi) is 18.2. The van der Waals surface area contributed by atoms with E-state index >= 15 is 0 Å². The molecule has 4 fully saturated rings. The summed E-state index contributed by atoms with van der Waals surface area (Å²) < 4.78 is 70.4. The van der Waals surface area contributed by atoms with Crippen LogP contribution in [0.3, 0.4) is 0 Å². The Hall–Kier alpha value is -6.40. The maximum atomic E-state index is 13.0. The molecule has 82 heavy (non-hydrogen) atoms. The van der Waals surface area contributed by atoms with Crippen LogP contribution in [0.15, 0.2) is 95.2 Å². The number of hydrogen-bond donors (Lipinski definition) is 5. The summed E-state index contributed by atoms with van der Waals surface area (Å²) in [6.45, 7) is 17.0. The van der Waals surface area contributed by atoms with Crippen molar-refractivity contribution in [3.8, 4) is 23.4 Å². The molecule has 1 aliphatic heterocycles. The van der Waals surface area contributed by atoms with Crippen LogP contribution in [0.5, 0.6) is 11.8 Å². The van der Waals surface area contributed by atoms with Crippen LogP contribution < -0.4 is 34.9 Å². The van der Waals surface area contributed by atoms with Gasteiger partial charge in [-0.15, -0.1) is 10.2 Å². The molecule has 6 aromatic heterocycles. The van der Waals surface area contributed by atoms with Crippen molar-refractivity contribution in [3.05, 3.63) is 107 Å². The van der Waals surface area contributed by atoms with Crippen LogP contribution >= 0.6 is 23.2 Å². The SMILES string of the molecule is CC1(CCOc2ccn(-c3ccc(C(=O)NS(=O)(=O)c4cccc(NCCC5CCCC5(C)C)n4)c(Cl)n3)n2)CC1.CC1(CCOc2ccn(-c3ccc(C(=O)NS(=O)(=O)c4cccc(NCCC5CCNC5(C)C)n4)c(Cl)n3)n2)CC1. The van der Waals surface area contributed by atoms with Crippen LogP contribution in [0.4, 0.5) is 11.6 Å². The highest BCUT2D eigenvalue weighted by Gasteiger charge is 2.38. The lowest BCUT2D eigenvalue weighted by atomic mass is 9.80. The molecule has 21 nitrogen and oxygen atoms in total. The molecular formula is C57H73Cl2N13O8S2. The van der Waals surface area contributed by atoms with Gasteiger partial charge in [-0.05, 0) is 168 Å². The van der Waals surface area contributed by atoms with Crippen molar-refractivity contribution < 1.29 is 35.9 Å². The van der Waals surface area contributed by atoms with E-state index in [1.54, 1.807) is 48.8 Å². The normalized spacial score (nSPS) is 19.1. The molecule has 25 heteroatoms. The zero-order chi connectivity index (χ0) is 58.5. The number of carbonyl (C=O) groups is 2. The number of ether oxygens (including phenoxy) is 2. The van der Waals surface area contributed by atoms with Crippen LogP contribution in [0.2, 0.25) is 10.3 Å². The molecule has 3 saturated carbocycles. The molecule has 2 unspecified atom stereocenters. The monoisotopic (exact) mass is 1200 g/mol. The summed E-state index contributed by atoms with van der Waals surface area (Å²) in [4.78, 5) is 42.6. The van der Waals surface area contributed by atoms with Crippen molar-refractivity contribution in [1.29, 1.82) is 0 Å². The first kappa shape index (κ1) is 60.2. The lowest BCUT2D eigenvalue weighted by Crippen LogP contribution is -2.38. The second kappa shape index (κ2) is 24.8. The molecule has 2 amide bonds. The number of amides is 2. The Labute approximate surface area is 490 Å². The number of anilines is 2. The molecule has 0 radical (unpaired) electrons. The number of sulfonamides is 2. The highest BCUT2D eigenvalue weighted by Crippen LogP contribution is 2.49. The van der Waals surface area contributed by atoms with E-state index in [2.05, 4.69) is 87.6 Å². The fourth-order valence-electron chi connectivity index (χ4n) is 10.2. The van der Waals surface area contributed by atoms with E-state index in [9.17, 15) is 26.4 Å². The maximum absolute atomic E-state index is 13.0. The Morgan fingerprint density at radius 3 is 1.48 bits per heavy atom. The molecule has 7 heterocycles. The summed E-state index contributed by atoms with van der Waals surface area (Å²) in [5.41, 5.74) is 0.993. The van der Waals surface area contributed by atoms with Crippen LogP contribution in [-0.2, 0) is 20.0 Å². The van der Waals surface area contributed by atoms with Gasteiger partial charge in [-0.25, -0.2) is 38.7 Å². The molecule has 3 aliphatic carbocycles. The minimum atomic E-state index is -4.26. The third-order valence-electron chi connectivity index (χ3n) is 16.5. The fourth-order valence-corrected chi connectivity index (χ4v) is 12.6. The first-order chi connectivity index (χ1) is 38.9. The molecular weight excluding hydrogens is 1130 g/mol. The third-order valence-corrected chi connectivity index (χ3v) is 19.5. The number of halogens is 2. The molecule has 0 spiro atoms. The molecule has 440 valence electrons. The molecule has 0 bridgehead atoms. The average Bonchev–Trinajstić information content (AvgIpc) is 4.00. The van der Waals surface area contributed by atoms with Crippen LogP contribution in [0, 0.1) is 28.1 Å². The van der Waals surface area contributed by atoms with Gasteiger partial charge in [0.25, 0.3) is 31.9 Å². The van der Waals surface area contributed by atoms with Gasteiger partial charge in [-0.1, -0.05) is 69.5 Å². The largest absolute Gasteiger partial charge is 0.477 e. The first-order valence-corrected chi connectivity index (χ1v) is 31.6. The summed E-state index contributed by atoms with van der Waals surface area (Å²) in [6, 6.07) is 18.5.